The first kappa shape index (κ1) is 32.4. The lowest BCUT2D eigenvalue weighted by molar-refractivity contribution is -0.141. The summed E-state index contributed by atoms with van der Waals surface area (Å²) in [7, 11) is -3.71. The van der Waals surface area contributed by atoms with E-state index in [0.29, 0.717) is 11.4 Å². The number of sulfonamides is 1. The minimum atomic E-state index is -3.71. The number of hydrogen-bond donors (Lipinski definition) is 1. The molecule has 0 spiro atoms. The van der Waals surface area contributed by atoms with E-state index in [4.69, 9.17) is 23.2 Å². The van der Waals surface area contributed by atoms with Gasteiger partial charge in [0, 0.05) is 37.0 Å². The van der Waals surface area contributed by atoms with Gasteiger partial charge in [-0.25, -0.2) is 8.42 Å². The van der Waals surface area contributed by atoms with E-state index in [1.54, 1.807) is 11.0 Å². The lowest BCUT2D eigenvalue weighted by Crippen LogP contribution is -2.52. The van der Waals surface area contributed by atoms with Gasteiger partial charge in [0.15, 0.2) is 0 Å². The summed E-state index contributed by atoms with van der Waals surface area (Å²) in [6.07, 6.45) is 1.66. The summed E-state index contributed by atoms with van der Waals surface area (Å²) in [5.41, 5.74) is 3.12. The van der Waals surface area contributed by atoms with Gasteiger partial charge in [0.1, 0.15) is 6.04 Å². The fourth-order valence-corrected chi connectivity index (χ4v) is 5.97. The Kier molecular flexibility index (Phi) is 11.6. The summed E-state index contributed by atoms with van der Waals surface area (Å²) in [6, 6.07) is 21.1. The first-order valence-electron chi connectivity index (χ1n) is 13.5. The molecule has 0 saturated heterocycles. The first-order valence-corrected chi connectivity index (χ1v) is 16.1. The lowest BCUT2D eigenvalue weighted by Gasteiger charge is -2.33. The van der Waals surface area contributed by atoms with Crippen molar-refractivity contribution in [1.82, 2.24) is 10.2 Å². The molecular formula is C31H37Cl2N3O4S. The van der Waals surface area contributed by atoms with Gasteiger partial charge in [-0.1, -0.05) is 77.8 Å². The van der Waals surface area contributed by atoms with Crippen LogP contribution in [0.25, 0.3) is 0 Å². The van der Waals surface area contributed by atoms with E-state index in [-0.39, 0.29) is 54.5 Å². The summed E-state index contributed by atoms with van der Waals surface area (Å²) in [6.45, 7) is 5.99. The Morgan fingerprint density at radius 3 is 2.24 bits per heavy atom. The van der Waals surface area contributed by atoms with E-state index in [1.165, 1.54) is 12.1 Å². The molecule has 0 aliphatic rings. The van der Waals surface area contributed by atoms with Crippen LogP contribution in [0.3, 0.4) is 0 Å². The van der Waals surface area contributed by atoms with Crippen LogP contribution in [0.1, 0.15) is 43.4 Å². The number of anilines is 1. The molecule has 0 bridgehead atoms. The quantitative estimate of drug-likeness (QED) is 0.254. The maximum Gasteiger partial charge on any atom is 0.243 e. The van der Waals surface area contributed by atoms with Crippen molar-refractivity contribution in [3.63, 3.8) is 0 Å². The van der Waals surface area contributed by atoms with Gasteiger partial charge in [0.05, 0.1) is 17.0 Å². The normalized spacial score (nSPS) is 12.2. The predicted molar refractivity (Wildman–Crippen MR) is 167 cm³/mol. The van der Waals surface area contributed by atoms with Crippen LogP contribution >= 0.6 is 23.2 Å². The monoisotopic (exact) mass is 617 g/mol. The predicted octanol–water partition coefficient (Wildman–Crippen LogP) is 6.01. The van der Waals surface area contributed by atoms with Gasteiger partial charge in [-0.05, 0) is 62.1 Å². The van der Waals surface area contributed by atoms with Crippen molar-refractivity contribution in [2.45, 2.75) is 58.7 Å². The van der Waals surface area contributed by atoms with E-state index in [2.05, 4.69) is 5.32 Å². The van der Waals surface area contributed by atoms with Crippen LogP contribution < -0.4 is 9.62 Å². The second kappa shape index (κ2) is 14.7. The zero-order chi connectivity index (χ0) is 30.2. The summed E-state index contributed by atoms with van der Waals surface area (Å²) < 4.78 is 26.5. The standard InChI is InChI=1S/C31H37Cl2N3O4S/c1-22(2)34-31(38)29(19-24-12-6-5-7-13-24)35(21-25-14-9-8-11-23(25)3)30(37)15-10-18-36(41(4,39)40)28-20-26(32)16-17-27(28)33/h5-9,11-14,16-17,20,22,29H,10,15,18-19,21H2,1-4H3,(H,34,38). The second-order valence-electron chi connectivity index (χ2n) is 10.4. The summed E-state index contributed by atoms with van der Waals surface area (Å²) in [4.78, 5) is 29.0. The number of halogens is 2. The van der Waals surface area contributed by atoms with Crippen molar-refractivity contribution in [3.8, 4) is 0 Å². The number of rotatable bonds is 13. The van der Waals surface area contributed by atoms with E-state index >= 15 is 0 Å². The Balaban J connectivity index is 1.91. The molecule has 0 aliphatic carbocycles. The number of benzene rings is 3. The molecule has 7 nitrogen and oxygen atoms in total. The molecule has 41 heavy (non-hydrogen) atoms. The van der Waals surface area contributed by atoms with E-state index in [9.17, 15) is 18.0 Å². The molecule has 2 amide bonds. The average molecular weight is 619 g/mol. The lowest BCUT2D eigenvalue weighted by atomic mass is 10.0. The van der Waals surface area contributed by atoms with Gasteiger partial charge in [0.2, 0.25) is 21.8 Å². The molecule has 0 aromatic heterocycles. The number of nitrogens with zero attached hydrogens (tertiary/aromatic N) is 2. The van der Waals surface area contributed by atoms with Crippen LogP contribution in [0, 0.1) is 6.92 Å². The Bertz CT molecular complexity index is 1450. The summed E-state index contributed by atoms with van der Waals surface area (Å²) in [5, 5.41) is 3.56. The van der Waals surface area contributed by atoms with Crippen molar-refractivity contribution in [2.75, 3.05) is 17.1 Å². The molecule has 3 aromatic rings. The summed E-state index contributed by atoms with van der Waals surface area (Å²) >= 11 is 12.4. The Morgan fingerprint density at radius 1 is 0.951 bits per heavy atom. The van der Waals surface area contributed by atoms with Gasteiger partial charge in [0.25, 0.3) is 0 Å². The van der Waals surface area contributed by atoms with E-state index < -0.39 is 16.1 Å². The number of carbonyl (C=O) groups excluding carboxylic acids is 2. The smallest absolute Gasteiger partial charge is 0.243 e. The SMILES string of the molecule is Cc1ccccc1CN(C(=O)CCCN(c1cc(Cl)ccc1Cl)S(C)(=O)=O)C(Cc1ccccc1)C(=O)NC(C)C. The van der Waals surface area contributed by atoms with Crippen LogP contribution in [0.2, 0.25) is 10.0 Å². The third-order valence-corrected chi connectivity index (χ3v) is 8.37. The molecule has 1 N–H and O–H groups in total. The molecule has 0 heterocycles. The Labute approximate surface area is 253 Å². The molecule has 220 valence electrons. The highest BCUT2D eigenvalue weighted by molar-refractivity contribution is 7.92. The third-order valence-electron chi connectivity index (χ3n) is 6.63. The molecule has 1 atom stereocenters. The molecule has 0 aliphatic heterocycles. The highest BCUT2D eigenvalue weighted by Crippen LogP contribution is 2.31. The Morgan fingerprint density at radius 2 is 1.61 bits per heavy atom. The van der Waals surface area contributed by atoms with E-state index in [1.807, 2.05) is 75.4 Å². The van der Waals surface area contributed by atoms with Crippen molar-refractivity contribution in [2.24, 2.45) is 0 Å². The number of hydrogen-bond acceptors (Lipinski definition) is 4. The zero-order valence-electron chi connectivity index (χ0n) is 23.8. The van der Waals surface area contributed by atoms with Crippen molar-refractivity contribution < 1.29 is 18.0 Å². The molecular weight excluding hydrogens is 581 g/mol. The van der Waals surface area contributed by atoms with Crippen LogP contribution in [0.15, 0.2) is 72.8 Å². The van der Waals surface area contributed by atoms with Gasteiger partial charge in [-0.2, -0.15) is 0 Å². The van der Waals surface area contributed by atoms with Gasteiger partial charge < -0.3 is 10.2 Å². The van der Waals surface area contributed by atoms with Crippen LogP contribution in [0.4, 0.5) is 5.69 Å². The van der Waals surface area contributed by atoms with Crippen molar-refractivity contribution >= 4 is 50.7 Å². The average Bonchev–Trinajstić information content (AvgIpc) is 2.90. The zero-order valence-corrected chi connectivity index (χ0v) is 26.1. The second-order valence-corrected chi connectivity index (χ2v) is 13.1. The molecule has 3 rings (SSSR count). The molecule has 0 radical (unpaired) electrons. The highest BCUT2D eigenvalue weighted by Gasteiger charge is 2.31. The summed E-state index contributed by atoms with van der Waals surface area (Å²) in [5.74, 6) is -0.493. The topological polar surface area (TPSA) is 86.8 Å². The largest absolute Gasteiger partial charge is 0.352 e. The van der Waals surface area contributed by atoms with E-state index in [0.717, 1.165) is 27.3 Å². The molecule has 0 saturated carbocycles. The van der Waals surface area contributed by atoms with Gasteiger partial charge >= 0.3 is 0 Å². The van der Waals surface area contributed by atoms with Gasteiger partial charge in [-0.3, -0.25) is 13.9 Å². The molecule has 0 fully saturated rings. The minimum Gasteiger partial charge on any atom is -0.352 e. The van der Waals surface area contributed by atoms with Crippen LogP contribution in [0.5, 0.6) is 0 Å². The number of carbonyl (C=O) groups is 2. The Hall–Kier alpha value is -3.07. The fourth-order valence-electron chi connectivity index (χ4n) is 4.57. The molecule has 1 unspecified atom stereocenters. The fraction of sp³-hybridized carbons (Fsp3) is 0.355. The molecule has 10 heteroatoms. The molecule has 3 aromatic carbocycles. The van der Waals surface area contributed by atoms with Gasteiger partial charge in [-0.15, -0.1) is 0 Å². The number of aryl methyl sites for hydroxylation is 1. The third kappa shape index (κ3) is 9.48. The highest BCUT2D eigenvalue weighted by atomic mass is 35.5. The van der Waals surface area contributed by atoms with Crippen LogP contribution in [-0.2, 0) is 32.6 Å². The number of nitrogens with one attached hydrogen (secondary N) is 1. The maximum atomic E-state index is 13.9. The van der Waals surface area contributed by atoms with Crippen molar-refractivity contribution in [1.29, 1.82) is 0 Å². The minimum absolute atomic E-state index is 0.0182. The van der Waals surface area contributed by atoms with Crippen LogP contribution in [-0.4, -0.2) is 50.0 Å². The maximum absolute atomic E-state index is 13.9. The van der Waals surface area contributed by atoms with Crippen molar-refractivity contribution in [3.05, 3.63) is 99.5 Å². The first-order chi connectivity index (χ1) is 19.4. The number of amides is 2.